The van der Waals surface area contributed by atoms with Crippen LogP contribution >= 0.6 is 0 Å². The molecule has 0 aliphatic carbocycles. The van der Waals surface area contributed by atoms with Gasteiger partial charge in [-0.3, -0.25) is 4.79 Å². The predicted molar refractivity (Wildman–Crippen MR) is 125 cm³/mol. The number of carbonyl (C=O) groups excluding carboxylic acids is 1. The second-order valence-electron chi connectivity index (χ2n) is 7.63. The molecular weight excluding hydrogens is 423 g/mol. The maximum atomic E-state index is 13.2. The number of aromatic amines is 1. The minimum absolute atomic E-state index is 0.283. The molecule has 9 heteroatoms. The molecular formula is C24H23FN6O2. The van der Waals surface area contributed by atoms with Gasteiger partial charge in [0.1, 0.15) is 11.5 Å². The molecule has 0 aliphatic heterocycles. The third-order valence-electron chi connectivity index (χ3n) is 4.90. The summed E-state index contributed by atoms with van der Waals surface area (Å²) in [7, 11) is 5.36. The SMILES string of the molecule is COc1cc(-c2cnc3[nH]cc(-c4ccc(F)nc4)c3c2)cc(NC(=O)C=CCN(C)C)n1. The Hall–Kier alpha value is -4.11. The number of nitrogens with one attached hydrogen (secondary N) is 2. The summed E-state index contributed by atoms with van der Waals surface area (Å²) in [5, 5.41) is 3.62. The van der Waals surface area contributed by atoms with E-state index in [0.29, 0.717) is 23.9 Å². The van der Waals surface area contributed by atoms with Crippen molar-refractivity contribution in [2.24, 2.45) is 0 Å². The van der Waals surface area contributed by atoms with E-state index in [1.54, 1.807) is 30.5 Å². The van der Waals surface area contributed by atoms with Gasteiger partial charge in [-0.25, -0.2) is 9.97 Å². The van der Waals surface area contributed by atoms with Gasteiger partial charge < -0.3 is 19.9 Å². The third kappa shape index (κ3) is 5.21. The molecule has 0 radical (unpaired) electrons. The average Bonchev–Trinajstić information content (AvgIpc) is 3.22. The number of halogens is 1. The van der Waals surface area contributed by atoms with Gasteiger partial charge in [0.25, 0.3) is 0 Å². The number of H-pyrrole nitrogens is 1. The van der Waals surface area contributed by atoms with Gasteiger partial charge >= 0.3 is 0 Å². The number of rotatable bonds is 7. The monoisotopic (exact) mass is 446 g/mol. The standard InChI is InChI=1S/C24H23FN6O2/c1-31(2)8-4-5-22(32)29-21-10-16(11-23(30-21)33-3)17-9-18-19(14-28-24(18)27-13-17)15-6-7-20(25)26-12-15/h4-7,9-14H,8H2,1-3H3,(H,27,28)(H,29,30,32). The molecule has 0 aromatic carbocycles. The number of hydrogen-bond acceptors (Lipinski definition) is 6. The van der Waals surface area contributed by atoms with E-state index >= 15 is 0 Å². The molecule has 4 heterocycles. The van der Waals surface area contributed by atoms with Crippen LogP contribution < -0.4 is 10.1 Å². The molecule has 0 saturated carbocycles. The van der Waals surface area contributed by atoms with E-state index in [2.05, 4.69) is 25.3 Å². The van der Waals surface area contributed by atoms with Crippen molar-refractivity contribution in [3.8, 4) is 28.1 Å². The fourth-order valence-corrected chi connectivity index (χ4v) is 3.31. The van der Waals surface area contributed by atoms with Crippen molar-refractivity contribution in [2.75, 3.05) is 33.1 Å². The zero-order valence-electron chi connectivity index (χ0n) is 18.5. The Morgan fingerprint density at radius 2 is 1.97 bits per heavy atom. The van der Waals surface area contributed by atoms with Gasteiger partial charge in [0, 0.05) is 59.4 Å². The van der Waals surface area contributed by atoms with Gasteiger partial charge in [-0.05, 0) is 43.9 Å². The first-order chi connectivity index (χ1) is 15.9. The summed E-state index contributed by atoms with van der Waals surface area (Å²) in [5.41, 5.74) is 3.89. The molecule has 1 amide bonds. The van der Waals surface area contributed by atoms with Crippen molar-refractivity contribution in [1.82, 2.24) is 24.8 Å². The molecule has 33 heavy (non-hydrogen) atoms. The zero-order valence-corrected chi connectivity index (χ0v) is 18.5. The quantitative estimate of drug-likeness (QED) is 0.330. The molecule has 0 atom stereocenters. The van der Waals surface area contributed by atoms with Crippen molar-refractivity contribution in [3.63, 3.8) is 0 Å². The zero-order chi connectivity index (χ0) is 23.4. The number of fused-ring (bicyclic) bond motifs is 1. The lowest BCUT2D eigenvalue weighted by Crippen LogP contribution is -2.13. The maximum Gasteiger partial charge on any atom is 0.249 e. The number of likely N-dealkylation sites (N-methyl/N-ethyl adjacent to an activating group) is 1. The fourth-order valence-electron chi connectivity index (χ4n) is 3.31. The van der Waals surface area contributed by atoms with Gasteiger partial charge in [0.2, 0.25) is 17.7 Å². The van der Waals surface area contributed by atoms with E-state index in [1.165, 1.54) is 25.4 Å². The number of nitrogens with zero attached hydrogens (tertiary/aromatic N) is 4. The predicted octanol–water partition coefficient (Wildman–Crippen LogP) is 3.89. The number of aromatic nitrogens is 4. The van der Waals surface area contributed by atoms with Crippen LogP contribution in [0.5, 0.6) is 5.88 Å². The Labute approximate surface area is 190 Å². The lowest BCUT2D eigenvalue weighted by molar-refractivity contribution is -0.111. The molecule has 4 rings (SSSR count). The van der Waals surface area contributed by atoms with Crippen LogP contribution in [0.1, 0.15) is 0 Å². The molecule has 0 bridgehead atoms. The molecule has 168 valence electrons. The molecule has 0 spiro atoms. The summed E-state index contributed by atoms with van der Waals surface area (Å²) >= 11 is 0. The number of anilines is 1. The number of amides is 1. The number of methoxy groups -OCH3 is 1. The second-order valence-corrected chi connectivity index (χ2v) is 7.63. The van der Waals surface area contributed by atoms with Crippen LogP contribution in [0.2, 0.25) is 0 Å². The van der Waals surface area contributed by atoms with Crippen molar-refractivity contribution in [3.05, 3.63) is 67.0 Å². The van der Waals surface area contributed by atoms with E-state index < -0.39 is 5.95 Å². The highest BCUT2D eigenvalue weighted by atomic mass is 19.1. The lowest BCUT2D eigenvalue weighted by atomic mass is 10.0. The van der Waals surface area contributed by atoms with Crippen LogP contribution in [0.4, 0.5) is 10.2 Å². The Morgan fingerprint density at radius 3 is 2.70 bits per heavy atom. The van der Waals surface area contributed by atoms with Crippen molar-refractivity contribution < 1.29 is 13.9 Å². The van der Waals surface area contributed by atoms with Gasteiger partial charge in [0.15, 0.2) is 0 Å². The third-order valence-corrected chi connectivity index (χ3v) is 4.90. The molecule has 0 fully saturated rings. The van der Waals surface area contributed by atoms with Crippen LogP contribution in [-0.2, 0) is 4.79 Å². The summed E-state index contributed by atoms with van der Waals surface area (Å²) in [5.74, 6) is -0.0977. The van der Waals surface area contributed by atoms with E-state index in [1.807, 2.05) is 31.3 Å². The van der Waals surface area contributed by atoms with Gasteiger partial charge in [-0.1, -0.05) is 6.08 Å². The Morgan fingerprint density at radius 1 is 1.15 bits per heavy atom. The Kier molecular flexibility index (Phi) is 6.41. The number of pyridine rings is 3. The molecule has 2 N–H and O–H groups in total. The normalized spacial score (nSPS) is 11.4. The van der Waals surface area contributed by atoms with Crippen molar-refractivity contribution >= 4 is 22.8 Å². The molecule has 8 nitrogen and oxygen atoms in total. The highest BCUT2D eigenvalue weighted by Crippen LogP contribution is 2.32. The summed E-state index contributed by atoms with van der Waals surface area (Å²) in [6.07, 6.45) is 8.26. The summed E-state index contributed by atoms with van der Waals surface area (Å²) in [6, 6.07) is 8.49. The fraction of sp³-hybridized carbons (Fsp3) is 0.167. The van der Waals surface area contributed by atoms with Crippen LogP contribution in [0, 0.1) is 5.95 Å². The molecule has 0 unspecified atom stereocenters. The molecule has 0 saturated heterocycles. The van der Waals surface area contributed by atoms with Crippen LogP contribution in [0.15, 0.2) is 61.1 Å². The van der Waals surface area contributed by atoms with Gasteiger partial charge in [-0.15, -0.1) is 0 Å². The Bertz CT molecular complexity index is 1310. The first-order valence-corrected chi connectivity index (χ1v) is 10.2. The highest BCUT2D eigenvalue weighted by Gasteiger charge is 2.12. The average molecular weight is 446 g/mol. The van der Waals surface area contributed by atoms with Gasteiger partial charge in [-0.2, -0.15) is 9.37 Å². The first-order valence-electron chi connectivity index (χ1n) is 10.2. The smallest absolute Gasteiger partial charge is 0.249 e. The van der Waals surface area contributed by atoms with E-state index in [-0.39, 0.29) is 5.91 Å². The number of ether oxygens (including phenoxy) is 1. The summed E-state index contributed by atoms with van der Waals surface area (Å²) in [4.78, 5) is 29.9. The van der Waals surface area contributed by atoms with Crippen molar-refractivity contribution in [1.29, 1.82) is 0 Å². The second kappa shape index (κ2) is 9.58. The summed E-state index contributed by atoms with van der Waals surface area (Å²) < 4.78 is 18.6. The molecule has 0 aliphatic rings. The lowest BCUT2D eigenvalue weighted by Gasteiger charge is -2.09. The van der Waals surface area contributed by atoms with Crippen LogP contribution in [0.3, 0.4) is 0 Å². The highest BCUT2D eigenvalue weighted by molar-refractivity contribution is 5.99. The molecule has 4 aromatic rings. The minimum Gasteiger partial charge on any atom is -0.481 e. The molecule has 4 aromatic heterocycles. The minimum atomic E-state index is -0.535. The van der Waals surface area contributed by atoms with Gasteiger partial charge in [0.05, 0.1) is 7.11 Å². The summed E-state index contributed by atoms with van der Waals surface area (Å²) in [6.45, 7) is 0.651. The number of carbonyl (C=O) groups is 1. The van der Waals surface area contributed by atoms with E-state index in [0.717, 1.165) is 27.6 Å². The Balaban J connectivity index is 1.68. The van der Waals surface area contributed by atoms with E-state index in [9.17, 15) is 9.18 Å². The number of hydrogen-bond donors (Lipinski definition) is 2. The van der Waals surface area contributed by atoms with Crippen molar-refractivity contribution in [2.45, 2.75) is 0 Å². The maximum absolute atomic E-state index is 13.2. The first kappa shape index (κ1) is 22.1. The van der Waals surface area contributed by atoms with Crippen LogP contribution in [0.25, 0.3) is 33.3 Å². The van der Waals surface area contributed by atoms with Crippen LogP contribution in [-0.4, -0.2) is 58.5 Å². The largest absolute Gasteiger partial charge is 0.481 e. The van der Waals surface area contributed by atoms with E-state index in [4.69, 9.17) is 4.74 Å². The topological polar surface area (TPSA) is 96.0 Å².